The molecule has 0 aromatic heterocycles. The highest BCUT2D eigenvalue weighted by atomic mass is 16.2. The Balaban J connectivity index is 1.75. The molecule has 0 saturated carbocycles. The van der Waals surface area contributed by atoms with Gasteiger partial charge in [-0.1, -0.05) is 67.2 Å². The number of benzene rings is 2. The second kappa shape index (κ2) is 6.75. The maximum atomic E-state index is 12.5. The molecule has 3 nitrogen and oxygen atoms in total. The summed E-state index contributed by atoms with van der Waals surface area (Å²) in [5.41, 5.74) is 3.78. The van der Waals surface area contributed by atoms with E-state index in [1.165, 1.54) is 5.56 Å². The van der Waals surface area contributed by atoms with Gasteiger partial charge in [0.1, 0.15) is 0 Å². The Kier molecular flexibility index (Phi) is 4.52. The molecule has 2 atom stereocenters. The van der Waals surface area contributed by atoms with Crippen molar-refractivity contribution in [3.05, 3.63) is 95.8 Å². The summed E-state index contributed by atoms with van der Waals surface area (Å²) in [6.45, 7) is 8.24. The second-order valence-electron chi connectivity index (χ2n) is 6.08. The van der Waals surface area contributed by atoms with Gasteiger partial charge in [-0.15, -0.1) is 0 Å². The zero-order valence-electron chi connectivity index (χ0n) is 14.1. The lowest BCUT2D eigenvalue weighted by Crippen LogP contribution is -2.29. The minimum absolute atomic E-state index is 0.0286. The van der Waals surface area contributed by atoms with Crippen LogP contribution in [0.15, 0.2) is 84.7 Å². The molecule has 0 aliphatic carbocycles. The van der Waals surface area contributed by atoms with Gasteiger partial charge in [-0.3, -0.25) is 4.79 Å². The zero-order valence-corrected chi connectivity index (χ0v) is 14.1. The van der Waals surface area contributed by atoms with Crippen LogP contribution in [-0.4, -0.2) is 10.8 Å². The fourth-order valence-corrected chi connectivity index (χ4v) is 3.03. The van der Waals surface area contributed by atoms with Crippen LogP contribution in [0, 0.1) is 0 Å². The largest absolute Gasteiger partial charge is 0.377 e. The van der Waals surface area contributed by atoms with Crippen molar-refractivity contribution in [3.63, 3.8) is 0 Å². The van der Waals surface area contributed by atoms with E-state index < -0.39 is 0 Å². The third-order valence-electron chi connectivity index (χ3n) is 4.45. The number of rotatable bonds is 5. The highest BCUT2D eigenvalue weighted by Crippen LogP contribution is 2.32. The molecular weight excluding hydrogens is 296 g/mol. The Morgan fingerprint density at radius 1 is 0.917 bits per heavy atom. The van der Waals surface area contributed by atoms with Crippen molar-refractivity contribution in [3.8, 4) is 0 Å². The van der Waals surface area contributed by atoms with Crippen LogP contribution in [0.3, 0.4) is 0 Å². The summed E-state index contributed by atoms with van der Waals surface area (Å²) in [7, 11) is 0. The Morgan fingerprint density at radius 3 is 2.04 bits per heavy atom. The van der Waals surface area contributed by atoms with Crippen molar-refractivity contribution in [1.82, 2.24) is 10.2 Å². The predicted molar refractivity (Wildman–Crippen MR) is 96.9 cm³/mol. The van der Waals surface area contributed by atoms with Crippen molar-refractivity contribution >= 4 is 5.91 Å². The van der Waals surface area contributed by atoms with Crippen LogP contribution in [-0.2, 0) is 4.79 Å². The van der Waals surface area contributed by atoms with Gasteiger partial charge in [0.05, 0.1) is 17.4 Å². The molecule has 1 amide bonds. The summed E-state index contributed by atoms with van der Waals surface area (Å²) in [5, 5.41) is 3.41. The van der Waals surface area contributed by atoms with E-state index in [0.29, 0.717) is 0 Å². The molecule has 1 aliphatic heterocycles. The summed E-state index contributed by atoms with van der Waals surface area (Å²) in [5.74, 6) is -0.0286. The minimum atomic E-state index is -0.0474. The van der Waals surface area contributed by atoms with E-state index in [-0.39, 0.29) is 18.0 Å². The van der Waals surface area contributed by atoms with Crippen LogP contribution >= 0.6 is 0 Å². The zero-order chi connectivity index (χ0) is 17.1. The van der Waals surface area contributed by atoms with Crippen LogP contribution in [0.2, 0.25) is 0 Å². The molecule has 3 heteroatoms. The first-order valence-corrected chi connectivity index (χ1v) is 8.18. The lowest BCUT2D eigenvalue weighted by molar-refractivity contribution is -0.124. The van der Waals surface area contributed by atoms with E-state index in [1.807, 2.05) is 55.5 Å². The van der Waals surface area contributed by atoms with Crippen molar-refractivity contribution < 1.29 is 4.79 Å². The molecule has 0 radical (unpaired) electrons. The third kappa shape index (κ3) is 3.11. The Bertz CT molecular complexity index is 765. The normalized spacial score (nSPS) is 16.8. The lowest BCUT2D eigenvalue weighted by atomic mass is 10.1. The molecule has 0 spiro atoms. The standard InChI is InChI=1S/C21H22N2O/c1-15(18-10-6-4-7-11-18)22-20-14-21(24)23(17(20)3)16(2)19-12-8-5-9-13-19/h4-16,22H,3H2,1-2H3/t15-,16-/m1/s1. The van der Waals surface area contributed by atoms with Gasteiger partial charge in [0.2, 0.25) is 0 Å². The Hall–Kier alpha value is -2.81. The van der Waals surface area contributed by atoms with E-state index >= 15 is 0 Å². The Labute approximate surface area is 143 Å². The molecule has 2 aromatic carbocycles. The smallest absolute Gasteiger partial charge is 0.253 e. The van der Waals surface area contributed by atoms with Gasteiger partial charge in [0, 0.05) is 12.1 Å². The highest BCUT2D eigenvalue weighted by Gasteiger charge is 2.31. The molecule has 1 aliphatic rings. The molecule has 24 heavy (non-hydrogen) atoms. The van der Waals surface area contributed by atoms with Crippen molar-refractivity contribution in [2.24, 2.45) is 0 Å². The fraction of sp³-hybridized carbons (Fsp3) is 0.190. The third-order valence-corrected chi connectivity index (χ3v) is 4.45. The van der Waals surface area contributed by atoms with Crippen LogP contribution < -0.4 is 5.32 Å². The van der Waals surface area contributed by atoms with Crippen molar-refractivity contribution in [1.29, 1.82) is 0 Å². The second-order valence-corrected chi connectivity index (χ2v) is 6.08. The van der Waals surface area contributed by atoms with E-state index in [0.717, 1.165) is 17.0 Å². The topological polar surface area (TPSA) is 32.3 Å². The fourth-order valence-electron chi connectivity index (χ4n) is 3.03. The van der Waals surface area contributed by atoms with E-state index in [2.05, 4.69) is 31.0 Å². The number of amides is 1. The number of hydrogen-bond donors (Lipinski definition) is 1. The summed E-state index contributed by atoms with van der Waals surface area (Å²) < 4.78 is 0. The van der Waals surface area contributed by atoms with Gasteiger partial charge in [-0.2, -0.15) is 0 Å². The molecule has 2 aromatic rings. The average Bonchev–Trinajstić information content (AvgIpc) is 2.89. The highest BCUT2D eigenvalue weighted by molar-refractivity contribution is 5.94. The molecule has 1 N–H and O–H groups in total. The first-order valence-electron chi connectivity index (χ1n) is 8.18. The molecule has 0 saturated heterocycles. The van der Waals surface area contributed by atoms with Gasteiger partial charge in [0.15, 0.2) is 0 Å². The van der Waals surface area contributed by atoms with E-state index in [1.54, 1.807) is 11.0 Å². The maximum Gasteiger partial charge on any atom is 0.253 e. The SMILES string of the molecule is C=C1C(N[C@H](C)c2ccccc2)=CC(=O)N1[C@H](C)c1ccccc1. The summed E-state index contributed by atoms with van der Waals surface area (Å²) in [6, 6.07) is 20.2. The molecule has 0 fully saturated rings. The van der Waals surface area contributed by atoms with E-state index in [9.17, 15) is 4.79 Å². The van der Waals surface area contributed by atoms with Gasteiger partial charge in [0.25, 0.3) is 5.91 Å². The minimum Gasteiger partial charge on any atom is -0.377 e. The Morgan fingerprint density at radius 2 is 1.46 bits per heavy atom. The molecule has 1 heterocycles. The van der Waals surface area contributed by atoms with Crippen molar-refractivity contribution in [2.75, 3.05) is 0 Å². The van der Waals surface area contributed by atoms with Gasteiger partial charge in [-0.05, 0) is 25.0 Å². The van der Waals surface area contributed by atoms with Crippen molar-refractivity contribution in [2.45, 2.75) is 25.9 Å². The molecule has 122 valence electrons. The van der Waals surface area contributed by atoms with E-state index in [4.69, 9.17) is 0 Å². The van der Waals surface area contributed by atoms with Gasteiger partial charge in [-0.25, -0.2) is 0 Å². The average molecular weight is 318 g/mol. The van der Waals surface area contributed by atoms with Gasteiger partial charge >= 0.3 is 0 Å². The van der Waals surface area contributed by atoms with Gasteiger partial charge < -0.3 is 10.2 Å². The number of carbonyl (C=O) groups excluding carboxylic acids is 1. The predicted octanol–water partition coefficient (Wildman–Crippen LogP) is 4.34. The lowest BCUT2D eigenvalue weighted by Gasteiger charge is -2.27. The van der Waals surface area contributed by atoms with Crippen LogP contribution in [0.1, 0.15) is 37.1 Å². The first kappa shape index (κ1) is 16.1. The first-order chi connectivity index (χ1) is 11.6. The maximum absolute atomic E-state index is 12.5. The monoisotopic (exact) mass is 318 g/mol. The quantitative estimate of drug-likeness (QED) is 0.889. The summed E-state index contributed by atoms with van der Waals surface area (Å²) >= 11 is 0. The number of nitrogens with one attached hydrogen (secondary N) is 1. The summed E-state index contributed by atoms with van der Waals surface area (Å²) in [4.78, 5) is 14.2. The van der Waals surface area contributed by atoms with Crippen LogP contribution in [0.5, 0.6) is 0 Å². The van der Waals surface area contributed by atoms with Crippen LogP contribution in [0.4, 0.5) is 0 Å². The molecule has 0 unspecified atom stereocenters. The number of carbonyl (C=O) groups is 1. The summed E-state index contributed by atoms with van der Waals surface area (Å²) in [6.07, 6.45) is 1.64. The number of nitrogens with zero attached hydrogens (tertiary/aromatic N) is 1. The number of hydrogen-bond acceptors (Lipinski definition) is 2. The van der Waals surface area contributed by atoms with Crippen LogP contribution in [0.25, 0.3) is 0 Å². The molecule has 0 bridgehead atoms. The molecular formula is C21H22N2O. The molecule has 3 rings (SSSR count).